The summed E-state index contributed by atoms with van der Waals surface area (Å²) in [6.45, 7) is 5.92. The first kappa shape index (κ1) is 10.6. The van der Waals surface area contributed by atoms with E-state index in [9.17, 15) is 4.79 Å². The lowest BCUT2D eigenvalue weighted by Crippen LogP contribution is -2.11. The van der Waals surface area contributed by atoms with E-state index >= 15 is 0 Å². The second kappa shape index (κ2) is 3.92. The van der Waals surface area contributed by atoms with Gasteiger partial charge in [-0.1, -0.05) is 0 Å². The zero-order valence-electron chi connectivity index (χ0n) is 9.52. The van der Waals surface area contributed by atoms with Gasteiger partial charge < -0.3 is 4.74 Å². The maximum absolute atomic E-state index is 11.6. The van der Waals surface area contributed by atoms with Crippen LogP contribution >= 0.6 is 0 Å². The summed E-state index contributed by atoms with van der Waals surface area (Å²) in [5.41, 5.74) is 2.49. The molecule has 2 rings (SSSR count). The predicted molar refractivity (Wildman–Crippen MR) is 58.4 cm³/mol. The topological polar surface area (TPSA) is 56.5 Å². The Labute approximate surface area is 93.1 Å². The zero-order chi connectivity index (χ0) is 11.7. The lowest BCUT2D eigenvalue weighted by atomic mass is 10.3. The van der Waals surface area contributed by atoms with E-state index in [1.807, 2.05) is 19.9 Å². The van der Waals surface area contributed by atoms with Gasteiger partial charge in [-0.3, -0.25) is 4.40 Å². The summed E-state index contributed by atoms with van der Waals surface area (Å²) >= 11 is 0. The van der Waals surface area contributed by atoms with Gasteiger partial charge in [0.05, 0.1) is 12.8 Å². The summed E-state index contributed by atoms with van der Waals surface area (Å²) < 4.78 is 6.63. The van der Waals surface area contributed by atoms with E-state index in [2.05, 4.69) is 9.97 Å². The quantitative estimate of drug-likeness (QED) is 0.718. The molecule has 5 nitrogen and oxygen atoms in total. The number of ether oxygens (including phenoxy) is 1. The maximum atomic E-state index is 11.6. The van der Waals surface area contributed by atoms with Crippen molar-refractivity contribution in [1.29, 1.82) is 0 Å². The van der Waals surface area contributed by atoms with Gasteiger partial charge in [-0.15, -0.1) is 0 Å². The second-order valence-corrected chi connectivity index (χ2v) is 3.53. The third-order valence-electron chi connectivity index (χ3n) is 2.26. The van der Waals surface area contributed by atoms with Crippen LogP contribution in [0.15, 0.2) is 12.3 Å². The van der Waals surface area contributed by atoms with Crippen LogP contribution in [0.5, 0.6) is 0 Å². The first-order valence-corrected chi connectivity index (χ1v) is 5.12. The van der Waals surface area contributed by atoms with Crippen molar-refractivity contribution in [1.82, 2.24) is 14.4 Å². The third kappa shape index (κ3) is 1.64. The van der Waals surface area contributed by atoms with Crippen LogP contribution in [0.3, 0.4) is 0 Å². The Morgan fingerprint density at radius 3 is 2.94 bits per heavy atom. The predicted octanol–water partition coefficient (Wildman–Crippen LogP) is 1.52. The molecule has 2 heterocycles. The fraction of sp³-hybridized carbons (Fsp3) is 0.364. The highest BCUT2D eigenvalue weighted by Crippen LogP contribution is 2.10. The van der Waals surface area contributed by atoms with Gasteiger partial charge in [-0.25, -0.2) is 14.8 Å². The Morgan fingerprint density at radius 2 is 2.25 bits per heavy atom. The minimum atomic E-state index is -0.420. The standard InChI is InChI=1S/C11H13N3O2/c1-4-16-11(15)10-12-6-9-13-7(2)5-8(3)14(9)10/h5-6H,4H2,1-3H3. The molecule has 0 bridgehead atoms. The monoisotopic (exact) mass is 219 g/mol. The van der Waals surface area contributed by atoms with E-state index in [-0.39, 0.29) is 5.82 Å². The number of fused-ring (bicyclic) bond motifs is 1. The van der Waals surface area contributed by atoms with Gasteiger partial charge in [0.15, 0.2) is 5.65 Å². The number of carbonyl (C=O) groups excluding carboxylic acids is 1. The van der Waals surface area contributed by atoms with Gasteiger partial charge in [-0.2, -0.15) is 0 Å². The van der Waals surface area contributed by atoms with Crippen molar-refractivity contribution in [2.45, 2.75) is 20.8 Å². The number of aromatic nitrogens is 3. The number of aryl methyl sites for hydroxylation is 2. The Balaban J connectivity index is 2.60. The minimum Gasteiger partial charge on any atom is -0.460 e. The number of nitrogens with zero attached hydrogens (tertiary/aromatic N) is 3. The fourth-order valence-corrected chi connectivity index (χ4v) is 1.69. The summed E-state index contributed by atoms with van der Waals surface area (Å²) in [4.78, 5) is 20.0. The molecule has 2 aromatic rings. The number of carbonyl (C=O) groups is 1. The summed E-state index contributed by atoms with van der Waals surface area (Å²) in [7, 11) is 0. The van der Waals surface area contributed by atoms with Crippen molar-refractivity contribution in [2.75, 3.05) is 6.61 Å². The molecule has 0 aliphatic rings. The van der Waals surface area contributed by atoms with Gasteiger partial charge in [0.2, 0.25) is 5.82 Å². The number of rotatable bonds is 2. The minimum absolute atomic E-state index is 0.279. The average Bonchev–Trinajstić information content (AvgIpc) is 2.61. The van der Waals surface area contributed by atoms with E-state index in [0.717, 1.165) is 11.4 Å². The van der Waals surface area contributed by atoms with Crippen LogP contribution in [-0.4, -0.2) is 26.9 Å². The summed E-state index contributed by atoms with van der Waals surface area (Å²) in [5.74, 6) is -0.141. The first-order chi connectivity index (χ1) is 7.63. The van der Waals surface area contributed by atoms with Crippen LogP contribution in [0.1, 0.15) is 28.9 Å². The molecule has 0 aromatic carbocycles. The molecule has 0 atom stereocenters. The molecule has 0 spiro atoms. The third-order valence-corrected chi connectivity index (χ3v) is 2.26. The number of hydrogen-bond donors (Lipinski definition) is 0. The number of esters is 1. The van der Waals surface area contributed by atoms with Gasteiger partial charge in [0.1, 0.15) is 0 Å². The molecule has 0 amide bonds. The largest absolute Gasteiger partial charge is 0.460 e. The molecule has 0 saturated carbocycles. The van der Waals surface area contributed by atoms with E-state index in [0.29, 0.717) is 12.3 Å². The number of hydrogen-bond acceptors (Lipinski definition) is 4. The van der Waals surface area contributed by atoms with Crippen molar-refractivity contribution >= 4 is 11.6 Å². The van der Waals surface area contributed by atoms with Crippen LogP contribution in [0.25, 0.3) is 5.65 Å². The highest BCUT2D eigenvalue weighted by atomic mass is 16.5. The normalized spacial score (nSPS) is 10.7. The molecule has 84 valence electrons. The van der Waals surface area contributed by atoms with Crippen molar-refractivity contribution in [3.8, 4) is 0 Å². The summed E-state index contributed by atoms with van der Waals surface area (Å²) in [5, 5.41) is 0. The highest BCUT2D eigenvalue weighted by molar-refractivity contribution is 5.86. The van der Waals surface area contributed by atoms with E-state index in [1.165, 1.54) is 0 Å². The Morgan fingerprint density at radius 1 is 1.50 bits per heavy atom. The molecule has 0 radical (unpaired) electrons. The maximum Gasteiger partial charge on any atom is 0.374 e. The zero-order valence-corrected chi connectivity index (χ0v) is 9.52. The molecule has 0 aliphatic heterocycles. The molecular weight excluding hydrogens is 206 g/mol. The summed E-state index contributed by atoms with van der Waals surface area (Å²) in [6, 6.07) is 1.90. The van der Waals surface area contributed by atoms with Gasteiger partial charge >= 0.3 is 5.97 Å². The van der Waals surface area contributed by atoms with E-state index in [1.54, 1.807) is 17.5 Å². The van der Waals surface area contributed by atoms with E-state index in [4.69, 9.17) is 4.74 Å². The Kier molecular flexibility index (Phi) is 2.60. The average molecular weight is 219 g/mol. The fourth-order valence-electron chi connectivity index (χ4n) is 1.69. The summed E-state index contributed by atoms with van der Waals surface area (Å²) in [6.07, 6.45) is 1.58. The van der Waals surface area contributed by atoms with Gasteiger partial charge in [-0.05, 0) is 26.8 Å². The van der Waals surface area contributed by atoms with E-state index < -0.39 is 5.97 Å². The Hall–Kier alpha value is -1.91. The van der Waals surface area contributed by atoms with Crippen molar-refractivity contribution < 1.29 is 9.53 Å². The lowest BCUT2D eigenvalue weighted by Gasteiger charge is -2.04. The smallest absolute Gasteiger partial charge is 0.374 e. The molecule has 0 saturated heterocycles. The lowest BCUT2D eigenvalue weighted by molar-refractivity contribution is 0.0511. The van der Waals surface area contributed by atoms with Crippen molar-refractivity contribution in [3.63, 3.8) is 0 Å². The highest BCUT2D eigenvalue weighted by Gasteiger charge is 2.15. The molecular formula is C11H13N3O2. The molecule has 16 heavy (non-hydrogen) atoms. The van der Waals surface area contributed by atoms with Crippen molar-refractivity contribution in [2.24, 2.45) is 0 Å². The SMILES string of the molecule is CCOC(=O)c1ncc2nc(C)cc(C)n12. The van der Waals surface area contributed by atoms with Crippen LogP contribution in [0, 0.1) is 13.8 Å². The molecule has 5 heteroatoms. The second-order valence-electron chi connectivity index (χ2n) is 3.53. The van der Waals surface area contributed by atoms with Crippen LogP contribution in [0.2, 0.25) is 0 Å². The number of imidazole rings is 1. The molecule has 0 aliphatic carbocycles. The first-order valence-electron chi connectivity index (χ1n) is 5.12. The van der Waals surface area contributed by atoms with Crippen LogP contribution < -0.4 is 0 Å². The molecule has 0 fully saturated rings. The molecule has 0 N–H and O–H groups in total. The van der Waals surface area contributed by atoms with Crippen LogP contribution in [0.4, 0.5) is 0 Å². The molecule has 2 aromatic heterocycles. The van der Waals surface area contributed by atoms with Gasteiger partial charge in [0.25, 0.3) is 0 Å². The molecule has 0 unspecified atom stereocenters. The Bertz CT molecular complexity index is 545. The van der Waals surface area contributed by atoms with Gasteiger partial charge in [0, 0.05) is 11.4 Å². The van der Waals surface area contributed by atoms with Crippen molar-refractivity contribution in [3.05, 3.63) is 29.5 Å². The van der Waals surface area contributed by atoms with Crippen LogP contribution in [-0.2, 0) is 4.74 Å².